The molecular weight excluding hydrogens is 240 g/mol. The van der Waals surface area contributed by atoms with Crippen LogP contribution in [0.25, 0.3) is 0 Å². The normalized spacial score (nSPS) is 17.2. The number of nitrogens with one attached hydrogen (secondary N) is 2. The summed E-state index contributed by atoms with van der Waals surface area (Å²) in [5.41, 5.74) is 0. The smallest absolute Gasteiger partial charge is 0.243 e. The third-order valence-electron chi connectivity index (χ3n) is 2.84. The van der Waals surface area contributed by atoms with Crippen LogP contribution in [0.4, 0.5) is 5.95 Å². The van der Waals surface area contributed by atoms with Crippen LogP contribution < -0.4 is 10.0 Å². The van der Waals surface area contributed by atoms with Crippen molar-refractivity contribution in [3.63, 3.8) is 0 Å². The van der Waals surface area contributed by atoms with Gasteiger partial charge < -0.3 is 5.32 Å². The molecule has 0 aliphatic heterocycles. The number of nitrogens with zero attached hydrogens (tertiary/aromatic N) is 2. The monoisotopic (exact) mass is 256 g/mol. The lowest BCUT2D eigenvalue weighted by Crippen LogP contribution is -2.32. The van der Waals surface area contributed by atoms with Crippen molar-refractivity contribution < 1.29 is 8.42 Å². The highest BCUT2D eigenvalue weighted by Gasteiger charge is 2.23. The Bertz CT molecular complexity index is 466. The second-order valence-corrected chi connectivity index (χ2v) is 5.81. The van der Waals surface area contributed by atoms with Crippen LogP contribution in [-0.2, 0) is 10.0 Å². The van der Waals surface area contributed by atoms with E-state index >= 15 is 0 Å². The highest BCUT2D eigenvalue weighted by molar-refractivity contribution is 7.89. The summed E-state index contributed by atoms with van der Waals surface area (Å²) in [5.74, 6) is 0.407. The van der Waals surface area contributed by atoms with E-state index < -0.39 is 10.0 Å². The van der Waals surface area contributed by atoms with Crippen molar-refractivity contribution in [1.29, 1.82) is 0 Å². The van der Waals surface area contributed by atoms with Crippen molar-refractivity contribution in [3.05, 3.63) is 12.4 Å². The Morgan fingerprint density at radius 2 is 1.82 bits per heavy atom. The number of rotatable bonds is 4. The van der Waals surface area contributed by atoms with Gasteiger partial charge in [-0.15, -0.1) is 0 Å². The lowest BCUT2D eigenvalue weighted by atomic mass is 10.3. The average Bonchev–Trinajstić information content (AvgIpc) is 2.81. The molecule has 17 heavy (non-hydrogen) atoms. The maximum Gasteiger partial charge on any atom is 0.243 e. The zero-order chi connectivity index (χ0) is 12.3. The Morgan fingerprint density at radius 3 is 2.35 bits per heavy atom. The van der Waals surface area contributed by atoms with Crippen molar-refractivity contribution in [2.24, 2.45) is 0 Å². The first-order valence-corrected chi connectivity index (χ1v) is 7.12. The van der Waals surface area contributed by atoms with E-state index in [0.717, 1.165) is 25.7 Å². The van der Waals surface area contributed by atoms with Crippen LogP contribution in [-0.4, -0.2) is 31.5 Å². The highest BCUT2D eigenvalue weighted by Crippen LogP contribution is 2.20. The molecule has 1 aliphatic rings. The number of sulfonamides is 1. The van der Waals surface area contributed by atoms with Gasteiger partial charge in [0.1, 0.15) is 4.90 Å². The summed E-state index contributed by atoms with van der Waals surface area (Å²) < 4.78 is 26.6. The van der Waals surface area contributed by atoms with Gasteiger partial charge in [0.15, 0.2) is 0 Å². The summed E-state index contributed by atoms with van der Waals surface area (Å²) in [5, 5.41) is 2.74. The maximum absolute atomic E-state index is 12.0. The number of hydrogen-bond acceptors (Lipinski definition) is 5. The van der Waals surface area contributed by atoms with E-state index in [1.807, 2.05) is 0 Å². The quantitative estimate of drug-likeness (QED) is 0.830. The topological polar surface area (TPSA) is 84.0 Å². The first-order chi connectivity index (χ1) is 8.12. The molecule has 0 radical (unpaired) electrons. The molecule has 0 atom stereocenters. The summed E-state index contributed by atoms with van der Waals surface area (Å²) in [6.07, 6.45) is 6.63. The molecule has 0 bridgehead atoms. The van der Waals surface area contributed by atoms with Crippen LogP contribution in [0.2, 0.25) is 0 Å². The van der Waals surface area contributed by atoms with Crippen molar-refractivity contribution in [2.75, 3.05) is 12.4 Å². The van der Waals surface area contributed by atoms with Gasteiger partial charge in [-0.2, -0.15) is 0 Å². The van der Waals surface area contributed by atoms with Gasteiger partial charge in [-0.1, -0.05) is 12.8 Å². The Hall–Kier alpha value is -1.21. The highest BCUT2D eigenvalue weighted by atomic mass is 32.2. The first-order valence-electron chi connectivity index (χ1n) is 5.64. The zero-order valence-electron chi connectivity index (χ0n) is 9.68. The fourth-order valence-corrected chi connectivity index (χ4v) is 3.11. The molecule has 1 heterocycles. The first kappa shape index (κ1) is 12.3. The molecule has 1 fully saturated rings. The predicted octanol–water partition coefficient (Wildman–Crippen LogP) is 0.739. The van der Waals surface area contributed by atoms with Crippen LogP contribution in [0.3, 0.4) is 0 Å². The van der Waals surface area contributed by atoms with Gasteiger partial charge in [0.25, 0.3) is 0 Å². The molecule has 7 heteroatoms. The standard InChI is InChI=1S/C10H16N4O2S/c1-11-10-12-6-9(7-13-10)17(15,16)14-8-4-2-3-5-8/h6-8,14H,2-5H2,1H3,(H,11,12,13). The molecule has 1 aliphatic carbocycles. The Balaban J connectivity index is 2.12. The fourth-order valence-electron chi connectivity index (χ4n) is 1.92. The van der Waals surface area contributed by atoms with E-state index in [1.54, 1.807) is 7.05 Å². The maximum atomic E-state index is 12.0. The van der Waals surface area contributed by atoms with Crippen LogP contribution in [0, 0.1) is 0 Å². The average molecular weight is 256 g/mol. The van der Waals surface area contributed by atoms with Gasteiger partial charge in [-0.3, -0.25) is 0 Å². The minimum atomic E-state index is -3.47. The van der Waals surface area contributed by atoms with Gasteiger partial charge in [0.2, 0.25) is 16.0 Å². The molecule has 2 N–H and O–H groups in total. The van der Waals surface area contributed by atoms with Gasteiger partial charge in [0.05, 0.1) is 12.4 Å². The van der Waals surface area contributed by atoms with E-state index in [2.05, 4.69) is 20.0 Å². The predicted molar refractivity (Wildman–Crippen MR) is 64.2 cm³/mol. The van der Waals surface area contributed by atoms with Crippen molar-refractivity contribution in [1.82, 2.24) is 14.7 Å². The third kappa shape index (κ3) is 2.92. The number of aromatic nitrogens is 2. The van der Waals surface area contributed by atoms with E-state index in [4.69, 9.17) is 0 Å². The second kappa shape index (κ2) is 4.97. The lowest BCUT2D eigenvalue weighted by molar-refractivity contribution is 0.551. The molecule has 1 saturated carbocycles. The molecule has 6 nitrogen and oxygen atoms in total. The van der Waals surface area contributed by atoms with E-state index in [0.29, 0.717) is 5.95 Å². The van der Waals surface area contributed by atoms with Gasteiger partial charge >= 0.3 is 0 Å². The summed E-state index contributed by atoms with van der Waals surface area (Å²) in [6.45, 7) is 0. The Kier molecular flexibility index (Phi) is 3.58. The molecular formula is C10H16N4O2S. The molecule has 0 saturated heterocycles. The van der Waals surface area contributed by atoms with Crippen molar-refractivity contribution >= 4 is 16.0 Å². The Morgan fingerprint density at radius 1 is 1.24 bits per heavy atom. The second-order valence-electron chi connectivity index (χ2n) is 4.10. The molecule has 0 aromatic carbocycles. The van der Waals surface area contributed by atoms with Gasteiger partial charge in [0, 0.05) is 13.1 Å². The lowest BCUT2D eigenvalue weighted by Gasteiger charge is -2.12. The van der Waals surface area contributed by atoms with Crippen LogP contribution >= 0.6 is 0 Å². The summed E-state index contributed by atoms with van der Waals surface area (Å²) in [6, 6.07) is 0.0592. The largest absolute Gasteiger partial charge is 0.357 e. The summed E-state index contributed by atoms with van der Waals surface area (Å²) in [7, 11) is -1.79. The summed E-state index contributed by atoms with van der Waals surface area (Å²) >= 11 is 0. The molecule has 0 unspecified atom stereocenters. The SMILES string of the molecule is CNc1ncc(S(=O)(=O)NC2CCCC2)cn1. The molecule has 0 spiro atoms. The van der Waals surface area contributed by atoms with Crippen LogP contribution in [0.15, 0.2) is 17.3 Å². The molecule has 1 aromatic rings. The molecule has 1 aromatic heterocycles. The fraction of sp³-hybridized carbons (Fsp3) is 0.600. The number of hydrogen-bond donors (Lipinski definition) is 2. The van der Waals surface area contributed by atoms with E-state index in [9.17, 15) is 8.42 Å². The zero-order valence-corrected chi connectivity index (χ0v) is 10.5. The van der Waals surface area contributed by atoms with Crippen molar-refractivity contribution in [3.8, 4) is 0 Å². The molecule has 2 rings (SSSR count). The van der Waals surface area contributed by atoms with Gasteiger partial charge in [-0.25, -0.2) is 23.1 Å². The minimum Gasteiger partial charge on any atom is -0.357 e. The van der Waals surface area contributed by atoms with Gasteiger partial charge in [-0.05, 0) is 12.8 Å². The number of anilines is 1. The van der Waals surface area contributed by atoms with E-state index in [-0.39, 0.29) is 10.9 Å². The summed E-state index contributed by atoms with van der Waals surface area (Å²) in [4.78, 5) is 7.91. The van der Waals surface area contributed by atoms with Crippen LogP contribution in [0.1, 0.15) is 25.7 Å². The minimum absolute atomic E-state index is 0.0592. The molecule has 0 amide bonds. The van der Waals surface area contributed by atoms with Crippen LogP contribution in [0.5, 0.6) is 0 Å². The van der Waals surface area contributed by atoms with E-state index in [1.165, 1.54) is 12.4 Å². The Labute approximate surface area is 101 Å². The molecule has 94 valence electrons. The third-order valence-corrected chi connectivity index (χ3v) is 4.31. The van der Waals surface area contributed by atoms with Crippen molar-refractivity contribution in [2.45, 2.75) is 36.6 Å².